The Morgan fingerprint density at radius 2 is 1.90 bits per heavy atom. The van der Waals surface area contributed by atoms with Crippen molar-refractivity contribution in [3.05, 3.63) is 71.9 Å². The van der Waals surface area contributed by atoms with E-state index < -0.39 is 5.41 Å². The number of aromatic nitrogens is 1. The van der Waals surface area contributed by atoms with Crippen molar-refractivity contribution in [3.63, 3.8) is 0 Å². The average Bonchev–Trinajstić information content (AvgIpc) is 3.45. The standard InChI is InChI=1S/C24H21NO4/c1-27-20-5-3-2-4-18(20)19-8-6-16(14-25-19)12-23(26)24(10-11-24)17-7-9-21-22(13-17)29-15-28-21/h2-9,13-14H,10-12,15H2,1H3. The molecule has 5 nitrogen and oxygen atoms in total. The molecule has 0 saturated heterocycles. The van der Waals surface area contributed by atoms with E-state index in [2.05, 4.69) is 4.98 Å². The first-order valence-corrected chi connectivity index (χ1v) is 9.71. The Bertz CT molecular complexity index is 1070. The fourth-order valence-electron chi connectivity index (χ4n) is 3.95. The van der Waals surface area contributed by atoms with Gasteiger partial charge in [-0.3, -0.25) is 9.78 Å². The number of ketones is 1. The van der Waals surface area contributed by atoms with Gasteiger partial charge in [0.15, 0.2) is 11.5 Å². The number of hydrogen-bond acceptors (Lipinski definition) is 5. The molecule has 5 rings (SSSR count). The molecule has 2 aromatic carbocycles. The molecule has 29 heavy (non-hydrogen) atoms. The maximum absolute atomic E-state index is 13.1. The van der Waals surface area contributed by atoms with Gasteiger partial charge in [0.25, 0.3) is 0 Å². The summed E-state index contributed by atoms with van der Waals surface area (Å²) in [6.07, 6.45) is 3.90. The lowest BCUT2D eigenvalue weighted by molar-refractivity contribution is -0.120. The number of methoxy groups -OCH3 is 1. The van der Waals surface area contributed by atoms with Gasteiger partial charge in [0, 0.05) is 18.2 Å². The number of pyridine rings is 1. The minimum absolute atomic E-state index is 0.225. The first-order valence-electron chi connectivity index (χ1n) is 9.71. The van der Waals surface area contributed by atoms with Gasteiger partial charge in [-0.1, -0.05) is 24.3 Å². The second-order valence-corrected chi connectivity index (χ2v) is 7.50. The number of Topliss-reactive ketones (excluding diaryl/α,β-unsaturated/α-hetero) is 1. The van der Waals surface area contributed by atoms with Crippen LogP contribution < -0.4 is 14.2 Å². The summed E-state index contributed by atoms with van der Waals surface area (Å²) in [6, 6.07) is 17.5. The van der Waals surface area contributed by atoms with Crippen molar-refractivity contribution in [2.45, 2.75) is 24.7 Å². The van der Waals surface area contributed by atoms with Crippen molar-refractivity contribution in [1.29, 1.82) is 0 Å². The smallest absolute Gasteiger partial charge is 0.231 e. The molecule has 0 spiro atoms. The number of benzene rings is 2. The molecule has 1 fully saturated rings. The van der Waals surface area contributed by atoms with E-state index >= 15 is 0 Å². The van der Waals surface area contributed by atoms with Crippen LogP contribution in [-0.2, 0) is 16.6 Å². The topological polar surface area (TPSA) is 57.7 Å². The van der Waals surface area contributed by atoms with Crippen LogP contribution >= 0.6 is 0 Å². The molecule has 2 heterocycles. The molecule has 146 valence electrons. The first-order chi connectivity index (χ1) is 14.2. The lowest BCUT2D eigenvalue weighted by atomic mass is 9.88. The molecule has 1 aliphatic heterocycles. The molecular formula is C24H21NO4. The van der Waals surface area contributed by atoms with Gasteiger partial charge in [-0.2, -0.15) is 0 Å². The quantitative estimate of drug-likeness (QED) is 0.630. The monoisotopic (exact) mass is 387 g/mol. The Labute approximate surface area is 169 Å². The van der Waals surface area contributed by atoms with Crippen molar-refractivity contribution < 1.29 is 19.0 Å². The van der Waals surface area contributed by atoms with Crippen molar-refractivity contribution >= 4 is 5.78 Å². The number of carbonyl (C=O) groups excluding carboxylic acids is 1. The third-order valence-electron chi connectivity index (χ3n) is 5.78. The van der Waals surface area contributed by atoms with Crippen LogP contribution in [0.1, 0.15) is 24.0 Å². The normalized spacial score (nSPS) is 15.8. The van der Waals surface area contributed by atoms with Crippen molar-refractivity contribution in [2.75, 3.05) is 13.9 Å². The minimum Gasteiger partial charge on any atom is -0.496 e. The van der Waals surface area contributed by atoms with Crippen molar-refractivity contribution in [2.24, 2.45) is 0 Å². The number of ether oxygens (including phenoxy) is 3. The van der Waals surface area contributed by atoms with Gasteiger partial charge in [-0.05, 0) is 54.3 Å². The third-order valence-corrected chi connectivity index (χ3v) is 5.78. The Hall–Kier alpha value is -3.34. The molecule has 0 bridgehead atoms. The average molecular weight is 387 g/mol. The Morgan fingerprint density at radius 3 is 2.66 bits per heavy atom. The molecule has 0 atom stereocenters. The lowest BCUT2D eigenvalue weighted by Crippen LogP contribution is -2.22. The maximum atomic E-state index is 13.1. The van der Waals surface area contributed by atoms with Gasteiger partial charge < -0.3 is 14.2 Å². The number of carbonyl (C=O) groups is 1. The third kappa shape index (κ3) is 3.12. The van der Waals surface area contributed by atoms with Gasteiger partial charge in [-0.15, -0.1) is 0 Å². The molecule has 2 aliphatic rings. The lowest BCUT2D eigenvalue weighted by Gasteiger charge is -2.15. The van der Waals surface area contributed by atoms with E-state index in [9.17, 15) is 4.79 Å². The zero-order valence-electron chi connectivity index (χ0n) is 16.2. The molecule has 0 radical (unpaired) electrons. The second-order valence-electron chi connectivity index (χ2n) is 7.50. The molecule has 5 heteroatoms. The summed E-state index contributed by atoms with van der Waals surface area (Å²) in [7, 11) is 1.65. The van der Waals surface area contributed by atoms with E-state index in [-0.39, 0.29) is 12.6 Å². The number of rotatable bonds is 6. The van der Waals surface area contributed by atoms with E-state index in [0.29, 0.717) is 6.42 Å². The first kappa shape index (κ1) is 17.7. The highest BCUT2D eigenvalue weighted by Gasteiger charge is 2.50. The molecule has 0 amide bonds. The highest BCUT2D eigenvalue weighted by molar-refractivity contribution is 5.94. The number of fused-ring (bicyclic) bond motifs is 1. The summed E-state index contributed by atoms with van der Waals surface area (Å²) in [5.41, 5.74) is 3.30. The Morgan fingerprint density at radius 1 is 1.07 bits per heavy atom. The van der Waals surface area contributed by atoms with Gasteiger partial charge in [0.2, 0.25) is 6.79 Å². The van der Waals surface area contributed by atoms with Crippen LogP contribution in [0.2, 0.25) is 0 Å². The van der Waals surface area contributed by atoms with Crippen LogP contribution in [0.3, 0.4) is 0 Å². The van der Waals surface area contributed by atoms with Crippen LogP contribution in [0.15, 0.2) is 60.8 Å². The van der Waals surface area contributed by atoms with Crippen molar-refractivity contribution in [1.82, 2.24) is 4.98 Å². The second kappa shape index (κ2) is 6.92. The van der Waals surface area contributed by atoms with Crippen LogP contribution in [0.25, 0.3) is 11.3 Å². The largest absolute Gasteiger partial charge is 0.496 e. The molecule has 0 N–H and O–H groups in total. The fourth-order valence-corrected chi connectivity index (χ4v) is 3.95. The van der Waals surface area contributed by atoms with Gasteiger partial charge in [-0.25, -0.2) is 0 Å². The molecule has 3 aromatic rings. The molecular weight excluding hydrogens is 366 g/mol. The van der Waals surface area contributed by atoms with Gasteiger partial charge in [0.05, 0.1) is 18.2 Å². The van der Waals surface area contributed by atoms with E-state index in [1.165, 1.54) is 0 Å². The highest BCUT2D eigenvalue weighted by Crippen LogP contribution is 2.51. The zero-order chi connectivity index (χ0) is 19.8. The number of hydrogen-bond donors (Lipinski definition) is 0. The maximum Gasteiger partial charge on any atom is 0.231 e. The SMILES string of the molecule is COc1ccccc1-c1ccc(CC(=O)C2(c3ccc4c(c3)OCO4)CC2)cn1. The summed E-state index contributed by atoms with van der Waals surface area (Å²) in [4.78, 5) is 17.7. The van der Waals surface area contributed by atoms with Crippen LogP contribution in [-0.4, -0.2) is 24.7 Å². The predicted octanol–water partition coefficient (Wildman–Crippen LogP) is 4.33. The summed E-state index contributed by atoms with van der Waals surface area (Å²) >= 11 is 0. The van der Waals surface area contributed by atoms with Crippen molar-refractivity contribution in [3.8, 4) is 28.5 Å². The Kier molecular flexibility index (Phi) is 4.23. The summed E-state index contributed by atoms with van der Waals surface area (Å²) in [5.74, 6) is 2.48. The van der Waals surface area contributed by atoms with E-state index in [1.54, 1.807) is 13.3 Å². The summed E-state index contributed by atoms with van der Waals surface area (Å²) < 4.78 is 16.3. The molecule has 1 aromatic heterocycles. The molecule has 1 saturated carbocycles. The zero-order valence-corrected chi connectivity index (χ0v) is 16.2. The number of para-hydroxylation sites is 1. The van der Waals surface area contributed by atoms with Crippen LogP contribution in [0, 0.1) is 0 Å². The Balaban J connectivity index is 1.35. The van der Waals surface area contributed by atoms with E-state index in [1.807, 2.05) is 54.6 Å². The van der Waals surface area contributed by atoms with Gasteiger partial charge in [0.1, 0.15) is 11.5 Å². The highest BCUT2D eigenvalue weighted by atomic mass is 16.7. The van der Waals surface area contributed by atoms with E-state index in [0.717, 1.165) is 52.5 Å². The predicted molar refractivity (Wildman–Crippen MR) is 108 cm³/mol. The van der Waals surface area contributed by atoms with E-state index in [4.69, 9.17) is 14.2 Å². The number of nitrogens with zero attached hydrogens (tertiary/aromatic N) is 1. The summed E-state index contributed by atoms with van der Waals surface area (Å²) in [6.45, 7) is 0.240. The molecule has 0 unspecified atom stereocenters. The molecule has 1 aliphatic carbocycles. The van der Waals surface area contributed by atoms with Gasteiger partial charge >= 0.3 is 0 Å². The fraction of sp³-hybridized carbons (Fsp3) is 0.250. The summed E-state index contributed by atoms with van der Waals surface area (Å²) in [5, 5.41) is 0. The van der Waals surface area contributed by atoms with Crippen LogP contribution in [0.5, 0.6) is 17.2 Å². The van der Waals surface area contributed by atoms with Crippen LogP contribution in [0.4, 0.5) is 0 Å². The minimum atomic E-state index is -0.400.